The number of ether oxygens (including phenoxy) is 1. The fraction of sp³-hybridized carbons (Fsp3) is 0.545. The van der Waals surface area contributed by atoms with E-state index in [1.165, 1.54) is 4.31 Å². The summed E-state index contributed by atoms with van der Waals surface area (Å²) in [4.78, 5) is 0.252. The van der Waals surface area contributed by atoms with Crippen molar-refractivity contribution in [1.82, 2.24) is 4.31 Å². The Labute approximate surface area is 165 Å². The first-order chi connectivity index (χ1) is 12.1. The highest BCUT2D eigenvalue weighted by Gasteiger charge is 2.37. The molecule has 0 radical (unpaired) electrons. The molecule has 0 N–H and O–H groups in total. The van der Waals surface area contributed by atoms with Gasteiger partial charge in [0.2, 0.25) is 10.0 Å². The average Bonchev–Trinajstić information content (AvgIpc) is 2.47. The minimum Gasteiger partial charge on any atom is -0.441 e. The molecule has 150 valence electrons. The van der Waals surface area contributed by atoms with E-state index >= 15 is 0 Å². The van der Waals surface area contributed by atoms with Gasteiger partial charge in [-0.25, -0.2) is 8.42 Å². The van der Waals surface area contributed by atoms with E-state index in [4.69, 9.17) is 4.74 Å². The fourth-order valence-electron chi connectivity index (χ4n) is 2.39. The average molecular weight is 392 g/mol. The maximum Gasteiger partial charge on any atom is 0.244 e. The van der Waals surface area contributed by atoms with Gasteiger partial charge in [0.1, 0.15) is 11.7 Å². The van der Waals surface area contributed by atoms with Crippen molar-refractivity contribution in [3.8, 4) is 12.0 Å². The first kappa shape index (κ1) is 23.3. The molecular formula is C22H33NO3S. The number of sulfonamides is 1. The van der Waals surface area contributed by atoms with Crippen molar-refractivity contribution in [2.45, 2.75) is 71.9 Å². The van der Waals surface area contributed by atoms with Gasteiger partial charge in [-0.1, -0.05) is 50.6 Å². The van der Waals surface area contributed by atoms with Crippen LogP contribution in [0.1, 0.15) is 54.0 Å². The summed E-state index contributed by atoms with van der Waals surface area (Å²) in [6.45, 7) is 19.5. The third-order valence-corrected chi connectivity index (χ3v) is 5.54. The molecular weight excluding hydrogens is 358 g/mol. The van der Waals surface area contributed by atoms with Gasteiger partial charge < -0.3 is 4.74 Å². The van der Waals surface area contributed by atoms with Crippen LogP contribution < -0.4 is 0 Å². The molecule has 1 aromatic carbocycles. The van der Waals surface area contributed by atoms with Crippen LogP contribution in [0, 0.1) is 24.4 Å². The Hall–Kier alpha value is -1.77. The topological polar surface area (TPSA) is 46.6 Å². The largest absolute Gasteiger partial charge is 0.441 e. The van der Waals surface area contributed by atoms with Gasteiger partial charge in [0.05, 0.1) is 10.9 Å². The molecule has 0 fully saturated rings. The van der Waals surface area contributed by atoms with Crippen LogP contribution in [-0.2, 0) is 14.8 Å². The van der Waals surface area contributed by atoms with Crippen molar-refractivity contribution in [3.05, 3.63) is 42.0 Å². The molecule has 0 saturated carbocycles. The molecule has 0 spiro atoms. The minimum atomic E-state index is -3.75. The Morgan fingerprint density at radius 2 is 1.67 bits per heavy atom. The molecule has 0 bridgehead atoms. The Morgan fingerprint density at radius 3 is 2.07 bits per heavy atom. The highest BCUT2D eigenvalue weighted by Crippen LogP contribution is 2.30. The van der Waals surface area contributed by atoms with Crippen molar-refractivity contribution in [3.63, 3.8) is 0 Å². The second kappa shape index (κ2) is 8.50. The number of nitrogens with zero attached hydrogens (tertiary/aromatic N) is 1. The lowest BCUT2D eigenvalue weighted by Crippen LogP contribution is -2.47. The smallest absolute Gasteiger partial charge is 0.244 e. The lowest BCUT2D eigenvalue weighted by atomic mass is 9.87. The van der Waals surface area contributed by atoms with Crippen molar-refractivity contribution < 1.29 is 13.2 Å². The van der Waals surface area contributed by atoms with Gasteiger partial charge in [0.15, 0.2) is 0 Å². The summed E-state index contributed by atoms with van der Waals surface area (Å²) in [5.41, 5.74) is 0.913. The molecule has 1 unspecified atom stereocenters. The number of benzene rings is 1. The van der Waals surface area contributed by atoms with Crippen LogP contribution in [-0.4, -0.2) is 30.9 Å². The van der Waals surface area contributed by atoms with Gasteiger partial charge in [0, 0.05) is 6.54 Å². The second-order valence-electron chi connectivity index (χ2n) is 9.05. The Morgan fingerprint density at radius 1 is 1.15 bits per heavy atom. The molecule has 1 atom stereocenters. The Kier molecular flexibility index (Phi) is 7.32. The van der Waals surface area contributed by atoms with Crippen LogP contribution in [0.4, 0.5) is 0 Å². The normalized spacial score (nSPS) is 13.7. The lowest BCUT2D eigenvalue weighted by Gasteiger charge is -2.36. The van der Waals surface area contributed by atoms with Crippen LogP contribution >= 0.6 is 0 Å². The molecule has 0 aliphatic rings. The summed E-state index contributed by atoms with van der Waals surface area (Å²) < 4.78 is 33.8. The number of rotatable bonds is 5. The zero-order chi connectivity index (χ0) is 21.0. The quantitative estimate of drug-likeness (QED) is 0.537. The molecule has 0 aromatic heterocycles. The maximum atomic E-state index is 13.4. The minimum absolute atomic E-state index is 0.197. The van der Waals surface area contributed by atoms with Crippen molar-refractivity contribution in [1.29, 1.82) is 0 Å². The zero-order valence-corrected chi connectivity index (χ0v) is 18.7. The van der Waals surface area contributed by atoms with E-state index in [0.717, 1.165) is 11.1 Å². The maximum absolute atomic E-state index is 13.4. The van der Waals surface area contributed by atoms with Crippen LogP contribution in [0.3, 0.4) is 0 Å². The first-order valence-corrected chi connectivity index (χ1v) is 10.5. The van der Waals surface area contributed by atoms with E-state index in [9.17, 15) is 8.42 Å². The molecule has 0 saturated heterocycles. The highest BCUT2D eigenvalue weighted by molar-refractivity contribution is 7.89. The van der Waals surface area contributed by atoms with Gasteiger partial charge in [-0.05, 0) is 58.1 Å². The Bertz CT molecular complexity index is 814. The molecule has 1 rings (SSSR count). The third kappa shape index (κ3) is 7.04. The number of aryl methyl sites for hydroxylation is 1. The van der Waals surface area contributed by atoms with Gasteiger partial charge in [-0.3, -0.25) is 0 Å². The molecule has 0 amide bonds. The van der Waals surface area contributed by atoms with E-state index in [-0.39, 0.29) is 11.4 Å². The van der Waals surface area contributed by atoms with Crippen LogP contribution in [0.15, 0.2) is 41.3 Å². The molecule has 0 heterocycles. The summed E-state index contributed by atoms with van der Waals surface area (Å²) in [7, 11) is -3.75. The van der Waals surface area contributed by atoms with Gasteiger partial charge in [-0.15, -0.1) is 0 Å². The van der Waals surface area contributed by atoms with E-state index < -0.39 is 27.1 Å². The van der Waals surface area contributed by atoms with Gasteiger partial charge in [-0.2, -0.15) is 4.31 Å². The summed E-state index contributed by atoms with van der Waals surface area (Å²) in [5.74, 6) is 3.04. The molecule has 1 aromatic rings. The standard InChI is InChI=1S/C22H33NO3S/c1-17(2)16-23(27(24,25)19-12-10-18(3)11-13-19)20(21(4,5)6)14-15-26-22(7,8)9/h10-13,20H,1,16H2,2-9H3. The zero-order valence-electron chi connectivity index (χ0n) is 17.9. The lowest BCUT2D eigenvalue weighted by molar-refractivity contribution is 0.0950. The summed E-state index contributed by atoms with van der Waals surface area (Å²) in [6.07, 6.45) is 2.73. The molecule has 27 heavy (non-hydrogen) atoms. The van der Waals surface area contributed by atoms with Gasteiger partial charge >= 0.3 is 0 Å². The van der Waals surface area contributed by atoms with Crippen LogP contribution in [0.5, 0.6) is 0 Å². The molecule has 5 heteroatoms. The first-order valence-electron chi connectivity index (χ1n) is 9.06. The summed E-state index contributed by atoms with van der Waals surface area (Å²) >= 11 is 0. The third-order valence-electron chi connectivity index (χ3n) is 3.71. The summed E-state index contributed by atoms with van der Waals surface area (Å²) in [5, 5.41) is 0. The van der Waals surface area contributed by atoms with Gasteiger partial charge in [0.25, 0.3) is 0 Å². The van der Waals surface area contributed by atoms with Crippen LogP contribution in [0.2, 0.25) is 0 Å². The highest BCUT2D eigenvalue weighted by atomic mass is 32.2. The second-order valence-corrected chi connectivity index (χ2v) is 10.9. The molecule has 4 nitrogen and oxygen atoms in total. The Balaban J connectivity index is 3.46. The monoisotopic (exact) mass is 391 g/mol. The van der Waals surface area contributed by atoms with Crippen molar-refractivity contribution in [2.75, 3.05) is 6.54 Å². The molecule has 0 aliphatic heterocycles. The van der Waals surface area contributed by atoms with Crippen LogP contribution in [0.25, 0.3) is 0 Å². The predicted octanol–water partition coefficient (Wildman–Crippen LogP) is 4.75. The van der Waals surface area contributed by atoms with E-state index in [1.807, 2.05) is 55.4 Å². The number of hydrogen-bond donors (Lipinski definition) is 0. The number of hydrogen-bond acceptors (Lipinski definition) is 3. The van der Waals surface area contributed by atoms with Crippen molar-refractivity contribution in [2.24, 2.45) is 5.41 Å². The van der Waals surface area contributed by atoms with Crippen molar-refractivity contribution >= 4 is 10.0 Å². The van der Waals surface area contributed by atoms with E-state index in [2.05, 4.69) is 18.6 Å². The fourth-order valence-corrected chi connectivity index (χ4v) is 4.17. The predicted molar refractivity (Wildman–Crippen MR) is 112 cm³/mol. The summed E-state index contributed by atoms with van der Waals surface area (Å²) in [6, 6.07) is 6.30. The SMILES string of the molecule is C=C(C)CN(C(C#COC(C)(C)C)C(C)(C)C)S(=O)(=O)c1ccc(C)cc1. The molecule has 0 aliphatic carbocycles. The van der Waals surface area contributed by atoms with E-state index in [0.29, 0.717) is 0 Å². The van der Waals surface area contributed by atoms with E-state index in [1.54, 1.807) is 24.3 Å².